The summed E-state index contributed by atoms with van der Waals surface area (Å²) in [6.07, 6.45) is 2.53. The lowest BCUT2D eigenvalue weighted by molar-refractivity contribution is 0.312. The minimum absolute atomic E-state index is 0.00406. The van der Waals surface area contributed by atoms with E-state index >= 15 is 0 Å². The van der Waals surface area contributed by atoms with Gasteiger partial charge in [0.1, 0.15) is 17.0 Å². The first-order valence-corrected chi connectivity index (χ1v) is 13.0. The number of nitrogens with one attached hydrogen (secondary N) is 2. The lowest BCUT2D eigenvalue weighted by Crippen LogP contribution is -2.44. The maximum Gasteiger partial charge on any atom is 0.279 e. The number of piperazine rings is 1. The zero-order valence-corrected chi connectivity index (χ0v) is 21.7. The summed E-state index contributed by atoms with van der Waals surface area (Å²) in [4.78, 5) is 32.4. The van der Waals surface area contributed by atoms with Crippen molar-refractivity contribution in [3.63, 3.8) is 0 Å². The van der Waals surface area contributed by atoms with Gasteiger partial charge in [-0.3, -0.25) is 9.36 Å². The number of hydrogen-bond donors (Lipinski definition) is 2. The quantitative estimate of drug-likeness (QED) is 0.404. The first kappa shape index (κ1) is 24.3. The van der Waals surface area contributed by atoms with E-state index in [4.69, 9.17) is 9.72 Å². The van der Waals surface area contributed by atoms with Gasteiger partial charge in [-0.05, 0) is 32.1 Å². The molecule has 0 aliphatic carbocycles. The van der Waals surface area contributed by atoms with Crippen LogP contribution in [0.3, 0.4) is 0 Å². The number of fused-ring (bicyclic) bond motifs is 1. The molecule has 0 amide bonds. The van der Waals surface area contributed by atoms with Gasteiger partial charge >= 0.3 is 0 Å². The molecule has 0 saturated carbocycles. The van der Waals surface area contributed by atoms with Crippen LogP contribution in [0.15, 0.2) is 59.5 Å². The normalized spacial score (nSPS) is 18.2. The van der Waals surface area contributed by atoms with Crippen LogP contribution in [-0.2, 0) is 0 Å². The van der Waals surface area contributed by atoms with Crippen LogP contribution >= 0.6 is 0 Å². The van der Waals surface area contributed by atoms with Crippen LogP contribution in [0.25, 0.3) is 22.4 Å². The fourth-order valence-electron chi connectivity index (χ4n) is 5.21. The van der Waals surface area contributed by atoms with E-state index in [-0.39, 0.29) is 11.6 Å². The molecule has 4 aromatic rings. The highest BCUT2D eigenvalue weighted by atomic mass is 16.5. The van der Waals surface area contributed by atoms with E-state index in [9.17, 15) is 4.79 Å². The van der Waals surface area contributed by atoms with Crippen LogP contribution in [0, 0.1) is 0 Å². The second kappa shape index (κ2) is 10.4. The lowest BCUT2D eigenvalue weighted by Gasteiger charge is -2.34. The molecule has 4 heterocycles. The molecule has 0 bridgehead atoms. The molecule has 10 nitrogen and oxygen atoms in total. The maximum atomic E-state index is 13.7. The molecular weight excluding hydrogens is 480 g/mol. The largest absolute Gasteiger partial charge is 0.494 e. The molecule has 2 aromatic carbocycles. The summed E-state index contributed by atoms with van der Waals surface area (Å²) >= 11 is 0. The maximum absolute atomic E-state index is 13.7. The number of nitrogens with zero attached hydrogens (tertiary/aromatic N) is 6. The molecule has 2 aliphatic rings. The average molecular weight is 513 g/mol. The molecule has 10 heteroatoms. The standard InChI is InChI=1S/C28H32N8O2/c1-34-12-14-35(15-13-34)20-8-9-22(24(16-20)38-2)32-28-30-18-23-26(33-28)36(21-10-11-29-17-21)27(37)25(31-23)19-6-4-3-5-7-19/h3-9,16,18,21,29H,10-15,17H2,1-2H3,(H,30,32,33)/t21-/m0/s1. The number of benzene rings is 2. The fraction of sp³-hybridized carbons (Fsp3) is 0.357. The number of aromatic nitrogens is 4. The summed E-state index contributed by atoms with van der Waals surface area (Å²) in [5.41, 5.74) is 4.04. The average Bonchev–Trinajstić information content (AvgIpc) is 3.48. The minimum Gasteiger partial charge on any atom is -0.494 e. The number of hydrogen-bond acceptors (Lipinski definition) is 9. The van der Waals surface area contributed by atoms with Gasteiger partial charge in [-0.15, -0.1) is 0 Å². The van der Waals surface area contributed by atoms with Crippen molar-refractivity contribution in [1.29, 1.82) is 0 Å². The van der Waals surface area contributed by atoms with Gasteiger partial charge in [0.2, 0.25) is 5.95 Å². The minimum atomic E-state index is -0.142. The third-order valence-corrected chi connectivity index (χ3v) is 7.38. The van der Waals surface area contributed by atoms with Crippen molar-refractivity contribution >= 4 is 28.5 Å². The lowest BCUT2D eigenvalue weighted by atomic mass is 10.1. The molecule has 0 spiro atoms. The van der Waals surface area contributed by atoms with E-state index < -0.39 is 0 Å². The number of rotatable bonds is 6. The van der Waals surface area contributed by atoms with E-state index in [2.05, 4.69) is 43.5 Å². The Morgan fingerprint density at radius 2 is 1.87 bits per heavy atom. The Balaban J connectivity index is 1.37. The van der Waals surface area contributed by atoms with Crippen molar-refractivity contribution < 1.29 is 4.74 Å². The topological polar surface area (TPSA) is 100 Å². The Labute approximate surface area is 221 Å². The molecule has 0 unspecified atom stereocenters. The molecule has 196 valence electrons. The predicted molar refractivity (Wildman–Crippen MR) is 150 cm³/mol. The van der Waals surface area contributed by atoms with Crippen LogP contribution in [0.5, 0.6) is 5.75 Å². The molecule has 0 radical (unpaired) electrons. The van der Waals surface area contributed by atoms with Crippen molar-refractivity contribution in [2.75, 3.05) is 63.6 Å². The molecular formula is C28H32N8O2. The van der Waals surface area contributed by atoms with Gasteiger partial charge in [-0.2, -0.15) is 4.98 Å². The Morgan fingerprint density at radius 1 is 1.05 bits per heavy atom. The molecule has 2 fully saturated rings. The number of methoxy groups -OCH3 is 1. The Morgan fingerprint density at radius 3 is 2.61 bits per heavy atom. The van der Waals surface area contributed by atoms with Crippen molar-refractivity contribution in [1.82, 2.24) is 29.7 Å². The van der Waals surface area contributed by atoms with Gasteiger partial charge in [-0.25, -0.2) is 9.97 Å². The van der Waals surface area contributed by atoms with Crippen LogP contribution < -0.4 is 25.8 Å². The summed E-state index contributed by atoms with van der Waals surface area (Å²) in [6.45, 7) is 5.59. The van der Waals surface area contributed by atoms with Gasteiger partial charge in [0.05, 0.1) is 25.0 Å². The van der Waals surface area contributed by atoms with Crippen molar-refractivity contribution in [3.05, 3.63) is 65.1 Å². The first-order chi connectivity index (χ1) is 18.6. The molecule has 2 N–H and O–H groups in total. The summed E-state index contributed by atoms with van der Waals surface area (Å²) in [5, 5.41) is 6.67. The van der Waals surface area contributed by atoms with Gasteiger partial charge in [0.25, 0.3) is 5.56 Å². The van der Waals surface area contributed by atoms with Crippen LogP contribution in [0.1, 0.15) is 12.5 Å². The second-order valence-electron chi connectivity index (χ2n) is 9.85. The van der Waals surface area contributed by atoms with Crippen LogP contribution in [0.4, 0.5) is 17.3 Å². The molecule has 2 saturated heterocycles. The summed E-state index contributed by atoms with van der Waals surface area (Å²) < 4.78 is 7.50. The summed E-state index contributed by atoms with van der Waals surface area (Å²) in [7, 11) is 3.81. The number of likely N-dealkylation sites (N-methyl/N-ethyl adjacent to an activating group) is 1. The summed E-state index contributed by atoms with van der Waals surface area (Å²) in [5.74, 6) is 1.09. The Hall–Kier alpha value is -4.02. The highest BCUT2D eigenvalue weighted by molar-refractivity contribution is 5.76. The predicted octanol–water partition coefficient (Wildman–Crippen LogP) is 2.89. The molecule has 6 rings (SSSR count). The highest BCUT2D eigenvalue weighted by Gasteiger charge is 2.24. The Kier molecular flexibility index (Phi) is 6.65. The van der Waals surface area contributed by atoms with Crippen molar-refractivity contribution in [2.45, 2.75) is 12.5 Å². The highest BCUT2D eigenvalue weighted by Crippen LogP contribution is 2.32. The number of anilines is 3. The summed E-state index contributed by atoms with van der Waals surface area (Å²) in [6, 6.07) is 15.7. The van der Waals surface area contributed by atoms with Crippen LogP contribution in [0.2, 0.25) is 0 Å². The van der Waals surface area contributed by atoms with Gasteiger partial charge < -0.3 is 25.2 Å². The smallest absolute Gasteiger partial charge is 0.279 e. The van der Waals surface area contributed by atoms with E-state index in [0.29, 0.717) is 35.1 Å². The third-order valence-electron chi connectivity index (χ3n) is 7.38. The second-order valence-corrected chi connectivity index (χ2v) is 9.85. The van der Waals surface area contributed by atoms with Crippen molar-refractivity contribution in [3.8, 4) is 17.0 Å². The molecule has 38 heavy (non-hydrogen) atoms. The Bertz CT molecular complexity index is 1490. The zero-order chi connectivity index (χ0) is 26.1. The van der Waals surface area contributed by atoms with Gasteiger partial charge in [0.15, 0.2) is 5.65 Å². The monoisotopic (exact) mass is 512 g/mol. The first-order valence-electron chi connectivity index (χ1n) is 13.0. The molecule has 2 aliphatic heterocycles. The third kappa shape index (κ3) is 4.68. The SMILES string of the molecule is COc1cc(N2CCN(C)CC2)ccc1Nc1ncc2nc(-c3ccccc3)c(=O)n([C@H]3CCNC3)c2n1. The van der Waals surface area contributed by atoms with Gasteiger partial charge in [-0.1, -0.05) is 30.3 Å². The van der Waals surface area contributed by atoms with E-state index in [1.807, 2.05) is 42.5 Å². The van der Waals surface area contributed by atoms with E-state index in [1.165, 1.54) is 0 Å². The van der Waals surface area contributed by atoms with Gasteiger partial charge in [0, 0.05) is 50.0 Å². The fourth-order valence-corrected chi connectivity index (χ4v) is 5.21. The van der Waals surface area contributed by atoms with Crippen LogP contribution in [-0.4, -0.2) is 77.8 Å². The van der Waals surface area contributed by atoms with Crippen molar-refractivity contribution in [2.24, 2.45) is 0 Å². The molecule has 2 aromatic heterocycles. The zero-order valence-electron chi connectivity index (χ0n) is 21.7. The van der Waals surface area contributed by atoms with E-state index in [0.717, 1.165) is 56.1 Å². The van der Waals surface area contributed by atoms with E-state index in [1.54, 1.807) is 17.9 Å². The molecule has 1 atom stereocenters. The number of ether oxygens (including phenoxy) is 1.